The number of sulfonamides is 2. The largest absolute Gasteiger partial charge is 0.419 e. The Balaban J connectivity index is 2.02. The van der Waals surface area contributed by atoms with Crippen LogP contribution in [-0.4, -0.2) is 40.8 Å². The van der Waals surface area contributed by atoms with E-state index in [0.717, 1.165) is 10.4 Å². The first-order valence-corrected chi connectivity index (χ1v) is 12.2. The van der Waals surface area contributed by atoms with Gasteiger partial charge in [-0.25, -0.2) is 21.2 Å². The highest BCUT2D eigenvalue weighted by Crippen LogP contribution is 2.37. The molecular weight excluding hydrogens is 460 g/mol. The van der Waals surface area contributed by atoms with Crippen molar-refractivity contribution in [3.63, 3.8) is 0 Å². The van der Waals surface area contributed by atoms with Crippen LogP contribution in [0, 0.1) is 5.82 Å². The second-order valence-corrected chi connectivity index (χ2v) is 10.6. The molecule has 0 bridgehead atoms. The number of nitrogens with zero attached hydrogens (tertiary/aromatic N) is 2. The van der Waals surface area contributed by atoms with Gasteiger partial charge in [0.15, 0.2) is 0 Å². The van der Waals surface area contributed by atoms with Gasteiger partial charge in [-0.05, 0) is 48.4 Å². The van der Waals surface area contributed by atoms with Gasteiger partial charge in [0.1, 0.15) is 5.82 Å². The van der Waals surface area contributed by atoms with Crippen molar-refractivity contribution in [2.45, 2.75) is 36.2 Å². The van der Waals surface area contributed by atoms with Crippen molar-refractivity contribution in [2.24, 2.45) is 0 Å². The quantitative estimate of drug-likeness (QED) is 0.592. The van der Waals surface area contributed by atoms with Gasteiger partial charge in [0, 0.05) is 19.6 Å². The highest BCUT2D eigenvalue weighted by molar-refractivity contribution is 7.92. The molecule has 31 heavy (non-hydrogen) atoms. The minimum atomic E-state index is -5.05. The molecule has 2 aromatic carbocycles. The molecule has 0 aromatic heterocycles. The normalized spacial score (nSPS) is 14.9. The average molecular weight is 481 g/mol. The Bertz CT molecular complexity index is 1210. The summed E-state index contributed by atoms with van der Waals surface area (Å²) in [6.45, 7) is 3.84. The van der Waals surface area contributed by atoms with E-state index in [0.29, 0.717) is 11.6 Å². The Kier molecular flexibility index (Phi) is 6.11. The third-order valence-corrected chi connectivity index (χ3v) is 8.93. The first kappa shape index (κ1) is 23.5. The van der Waals surface area contributed by atoms with Crippen LogP contribution in [0.2, 0.25) is 0 Å². The van der Waals surface area contributed by atoms with Gasteiger partial charge in [-0.15, -0.1) is 0 Å². The van der Waals surface area contributed by atoms with Crippen LogP contribution in [-0.2, 0) is 32.6 Å². The first-order valence-electron chi connectivity index (χ1n) is 9.36. The summed E-state index contributed by atoms with van der Waals surface area (Å²) in [5, 5.41) is 0. The molecule has 0 spiro atoms. The summed E-state index contributed by atoms with van der Waals surface area (Å²) in [4.78, 5) is -0.691. The molecule has 1 aliphatic heterocycles. The van der Waals surface area contributed by atoms with Crippen LogP contribution < -0.4 is 4.31 Å². The molecule has 0 saturated carbocycles. The van der Waals surface area contributed by atoms with Crippen LogP contribution in [0.25, 0.3) is 0 Å². The van der Waals surface area contributed by atoms with E-state index in [1.165, 1.54) is 22.5 Å². The van der Waals surface area contributed by atoms with Crippen molar-refractivity contribution in [2.75, 3.05) is 23.9 Å². The summed E-state index contributed by atoms with van der Waals surface area (Å²) < 4.78 is 106. The first-order chi connectivity index (χ1) is 14.3. The average Bonchev–Trinajstić information content (AvgIpc) is 3.12. The lowest BCUT2D eigenvalue weighted by Crippen LogP contribution is -2.31. The van der Waals surface area contributed by atoms with E-state index in [1.54, 1.807) is 13.8 Å². The second-order valence-electron chi connectivity index (χ2n) is 6.85. The Labute approximate surface area is 178 Å². The SMILES string of the molecule is CCN(CC)S(=O)(=O)c1ccc2c(c1)CCN2S(=O)(=O)c1ccc(F)c(C(F)(F)F)c1. The fourth-order valence-electron chi connectivity index (χ4n) is 3.48. The smallest absolute Gasteiger partial charge is 0.266 e. The Morgan fingerprint density at radius 1 is 0.968 bits per heavy atom. The van der Waals surface area contributed by atoms with Gasteiger partial charge < -0.3 is 0 Å². The highest BCUT2D eigenvalue weighted by Gasteiger charge is 2.38. The molecule has 0 saturated heterocycles. The fraction of sp³-hybridized carbons (Fsp3) is 0.368. The number of anilines is 1. The second kappa shape index (κ2) is 8.06. The lowest BCUT2D eigenvalue weighted by Gasteiger charge is -2.21. The molecule has 1 heterocycles. The minimum absolute atomic E-state index is 0.00957. The zero-order valence-electron chi connectivity index (χ0n) is 16.6. The van der Waals surface area contributed by atoms with Gasteiger partial charge in [-0.1, -0.05) is 13.8 Å². The Morgan fingerprint density at radius 3 is 2.16 bits per heavy atom. The van der Waals surface area contributed by atoms with Crippen molar-refractivity contribution >= 4 is 25.7 Å². The minimum Gasteiger partial charge on any atom is -0.266 e. The molecular formula is C19H20F4N2O4S2. The van der Waals surface area contributed by atoms with Crippen molar-refractivity contribution < 1.29 is 34.4 Å². The maximum atomic E-state index is 13.6. The predicted molar refractivity (Wildman–Crippen MR) is 106 cm³/mol. The van der Waals surface area contributed by atoms with Crippen LogP contribution in [0.1, 0.15) is 25.0 Å². The van der Waals surface area contributed by atoms with Gasteiger partial charge in [0.25, 0.3) is 10.0 Å². The standard InChI is InChI=1S/C19H20F4N2O4S2/c1-3-24(4-2)30(26,27)14-6-8-18-13(11-14)9-10-25(18)31(28,29)15-5-7-17(20)16(12-15)19(21,22)23/h5-8,11-12H,3-4,9-10H2,1-2H3. The third kappa shape index (κ3) is 4.15. The molecule has 0 unspecified atom stereocenters. The number of fused-ring (bicyclic) bond motifs is 1. The molecule has 0 N–H and O–H groups in total. The number of rotatable bonds is 6. The Morgan fingerprint density at radius 2 is 1.58 bits per heavy atom. The lowest BCUT2D eigenvalue weighted by atomic mass is 10.2. The molecule has 1 aliphatic rings. The van der Waals surface area contributed by atoms with Gasteiger partial charge in [-0.2, -0.15) is 17.5 Å². The third-order valence-electron chi connectivity index (χ3n) is 5.08. The van der Waals surface area contributed by atoms with Crippen molar-refractivity contribution in [1.29, 1.82) is 0 Å². The van der Waals surface area contributed by atoms with Crippen molar-refractivity contribution in [3.8, 4) is 0 Å². The van der Waals surface area contributed by atoms with E-state index >= 15 is 0 Å². The van der Waals surface area contributed by atoms with Crippen molar-refractivity contribution in [1.82, 2.24) is 4.31 Å². The maximum absolute atomic E-state index is 13.6. The van der Waals surface area contributed by atoms with Gasteiger partial charge >= 0.3 is 6.18 Å². The molecule has 6 nitrogen and oxygen atoms in total. The molecule has 0 amide bonds. The molecule has 2 aromatic rings. The van der Waals surface area contributed by atoms with Crippen LogP contribution in [0.5, 0.6) is 0 Å². The molecule has 0 aliphatic carbocycles. The van der Waals surface area contributed by atoms with Gasteiger partial charge in [0.05, 0.1) is 21.0 Å². The predicted octanol–water partition coefficient (Wildman–Crippen LogP) is 3.63. The summed E-state index contributed by atoms with van der Waals surface area (Å²) in [7, 11) is -8.17. The monoisotopic (exact) mass is 480 g/mol. The summed E-state index contributed by atoms with van der Waals surface area (Å²) in [5.41, 5.74) is -1.06. The summed E-state index contributed by atoms with van der Waals surface area (Å²) in [6, 6.07) is 5.48. The van der Waals surface area contributed by atoms with Crippen LogP contribution >= 0.6 is 0 Å². The topological polar surface area (TPSA) is 74.8 Å². The van der Waals surface area contributed by atoms with Crippen molar-refractivity contribution in [3.05, 3.63) is 53.3 Å². The zero-order chi connectivity index (χ0) is 23.2. The Hall–Kier alpha value is -2.18. The zero-order valence-corrected chi connectivity index (χ0v) is 18.3. The van der Waals surface area contributed by atoms with Gasteiger partial charge in [-0.3, -0.25) is 4.31 Å². The van der Waals surface area contributed by atoms with E-state index in [1.807, 2.05) is 0 Å². The molecule has 12 heteroatoms. The highest BCUT2D eigenvalue weighted by atomic mass is 32.2. The van der Waals surface area contributed by atoms with E-state index in [2.05, 4.69) is 0 Å². The van der Waals surface area contributed by atoms with Gasteiger partial charge in [0.2, 0.25) is 10.0 Å². The van der Waals surface area contributed by atoms with Crippen LogP contribution in [0.4, 0.5) is 23.2 Å². The summed E-state index contributed by atoms with van der Waals surface area (Å²) in [6.07, 6.45) is -4.87. The number of alkyl halides is 3. The number of benzene rings is 2. The molecule has 0 fully saturated rings. The maximum Gasteiger partial charge on any atom is 0.419 e. The lowest BCUT2D eigenvalue weighted by molar-refractivity contribution is -0.140. The van der Waals surface area contributed by atoms with Crippen LogP contribution in [0.3, 0.4) is 0 Å². The molecule has 170 valence electrons. The van der Waals surface area contributed by atoms with E-state index in [-0.39, 0.29) is 42.7 Å². The van der Waals surface area contributed by atoms with E-state index < -0.39 is 42.5 Å². The molecule has 3 rings (SSSR count). The fourth-order valence-corrected chi connectivity index (χ4v) is 6.52. The molecule has 0 atom stereocenters. The van der Waals surface area contributed by atoms with Crippen LogP contribution in [0.15, 0.2) is 46.2 Å². The van der Waals surface area contributed by atoms with E-state index in [9.17, 15) is 34.4 Å². The van der Waals surface area contributed by atoms with E-state index in [4.69, 9.17) is 0 Å². The number of hydrogen-bond acceptors (Lipinski definition) is 4. The number of halogens is 4. The summed E-state index contributed by atoms with van der Waals surface area (Å²) in [5.74, 6) is -1.57. The summed E-state index contributed by atoms with van der Waals surface area (Å²) >= 11 is 0. The molecule has 0 radical (unpaired) electrons. The number of hydrogen-bond donors (Lipinski definition) is 0.